The Morgan fingerprint density at radius 1 is 1.50 bits per heavy atom. The molecule has 0 radical (unpaired) electrons. The fourth-order valence-corrected chi connectivity index (χ4v) is 2.49. The van der Waals surface area contributed by atoms with Crippen LogP contribution in [-0.2, 0) is 11.3 Å². The molecule has 0 aromatic carbocycles. The molecule has 0 aliphatic heterocycles. The lowest BCUT2D eigenvalue weighted by Crippen LogP contribution is -2.38. The normalized spacial score (nSPS) is 18.6. The molecule has 0 bridgehead atoms. The highest BCUT2D eigenvalue weighted by atomic mass is 16.3. The van der Waals surface area contributed by atoms with Gasteiger partial charge in [0, 0.05) is 18.4 Å². The van der Waals surface area contributed by atoms with E-state index in [4.69, 9.17) is 0 Å². The SMILES string of the molecule is CC(O)c1ccn(CC(=O)NC2CCCCC2)c1. The van der Waals surface area contributed by atoms with Crippen LogP contribution < -0.4 is 5.32 Å². The van der Waals surface area contributed by atoms with Crippen molar-refractivity contribution in [3.63, 3.8) is 0 Å². The first kappa shape index (κ1) is 13.1. The van der Waals surface area contributed by atoms with Crippen molar-refractivity contribution < 1.29 is 9.90 Å². The highest BCUT2D eigenvalue weighted by Crippen LogP contribution is 2.17. The van der Waals surface area contributed by atoms with E-state index in [0.717, 1.165) is 18.4 Å². The molecule has 18 heavy (non-hydrogen) atoms. The van der Waals surface area contributed by atoms with Gasteiger partial charge in [0.1, 0.15) is 6.54 Å². The second kappa shape index (κ2) is 6.05. The van der Waals surface area contributed by atoms with Crippen molar-refractivity contribution in [2.45, 2.75) is 57.7 Å². The van der Waals surface area contributed by atoms with Crippen LogP contribution >= 0.6 is 0 Å². The zero-order chi connectivity index (χ0) is 13.0. The standard InChI is InChI=1S/C14H22N2O2/c1-11(17)12-7-8-16(9-12)10-14(18)15-13-5-3-2-4-6-13/h7-9,11,13,17H,2-6,10H2,1H3,(H,15,18). The quantitative estimate of drug-likeness (QED) is 0.858. The Morgan fingerprint density at radius 3 is 2.83 bits per heavy atom. The summed E-state index contributed by atoms with van der Waals surface area (Å²) in [4.78, 5) is 11.9. The van der Waals surface area contributed by atoms with Gasteiger partial charge in [0.05, 0.1) is 6.10 Å². The molecule has 1 fully saturated rings. The molecule has 2 rings (SSSR count). The van der Waals surface area contributed by atoms with Crippen molar-refractivity contribution in [1.82, 2.24) is 9.88 Å². The number of amides is 1. The average molecular weight is 250 g/mol. The summed E-state index contributed by atoms with van der Waals surface area (Å²) in [5.41, 5.74) is 0.848. The maximum atomic E-state index is 11.9. The molecule has 0 saturated heterocycles. The monoisotopic (exact) mass is 250 g/mol. The predicted octanol–water partition coefficient (Wildman–Crippen LogP) is 1.99. The Morgan fingerprint density at radius 2 is 2.22 bits per heavy atom. The number of nitrogens with zero attached hydrogens (tertiary/aromatic N) is 1. The Kier molecular flexibility index (Phi) is 4.42. The van der Waals surface area contributed by atoms with E-state index >= 15 is 0 Å². The minimum atomic E-state index is -0.479. The summed E-state index contributed by atoms with van der Waals surface area (Å²) in [6, 6.07) is 2.21. The summed E-state index contributed by atoms with van der Waals surface area (Å²) in [6.07, 6.45) is 9.14. The van der Waals surface area contributed by atoms with Crippen molar-refractivity contribution in [2.75, 3.05) is 0 Å². The molecule has 1 aromatic heterocycles. The molecule has 1 aliphatic carbocycles. The predicted molar refractivity (Wildman–Crippen MR) is 70.1 cm³/mol. The van der Waals surface area contributed by atoms with E-state index in [-0.39, 0.29) is 5.91 Å². The van der Waals surface area contributed by atoms with Crippen LogP contribution in [0.3, 0.4) is 0 Å². The molecular formula is C14H22N2O2. The van der Waals surface area contributed by atoms with E-state index < -0.39 is 6.10 Å². The van der Waals surface area contributed by atoms with E-state index in [1.807, 2.05) is 23.0 Å². The van der Waals surface area contributed by atoms with Crippen LogP contribution in [-0.4, -0.2) is 21.6 Å². The molecule has 0 spiro atoms. The Hall–Kier alpha value is -1.29. The minimum absolute atomic E-state index is 0.0645. The van der Waals surface area contributed by atoms with Gasteiger partial charge < -0.3 is 15.0 Å². The van der Waals surface area contributed by atoms with Gasteiger partial charge in [0.25, 0.3) is 0 Å². The maximum absolute atomic E-state index is 11.9. The zero-order valence-electron chi connectivity index (χ0n) is 10.9. The summed E-state index contributed by atoms with van der Waals surface area (Å²) in [7, 11) is 0. The van der Waals surface area contributed by atoms with Crippen LogP contribution in [0.4, 0.5) is 0 Å². The topological polar surface area (TPSA) is 54.3 Å². The van der Waals surface area contributed by atoms with Gasteiger partial charge in [-0.2, -0.15) is 0 Å². The van der Waals surface area contributed by atoms with Gasteiger partial charge in [-0.05, 0) is 31.4 Å². The van der Waals surface area contributed by atoms with Gasteiger partial charge in [0.2, 0.25) is 5.91 Å². The van der Waals surface area contributed by atoms with Crippen LogP contribution in [0.25, 0.3) is 0 Å². The lowest BCUT2D eigenvalue weighted by Gasteiger charge is -2.22. The van der Waals surface area contributed by atoms with Crippen LogP contribution in [0.1, 0.15) is 50.7 Å². The number of hydrogen-bond donors (Lipinski definition) is 2. The largest absolute Gasteiger partial charge is 0.389 e. The number of aliphatic hydroxyl groups is 1. The Bertz CT molecular complexity index is 392. The van der Waals surface area contributed by atoms with Crippen LogP contribution in [0.2, 0.25) is 0 Å². The third kappa shape index (κ3) is 3.60. The highest BCUT2D eigenvalue weighted by Gasteiger charge is 2.15. The van der Waals surface area contributed by atoms with E-state index in [1.165, 1.54) is 19.3 Å². The average Bonchev–Trinajstić information content (AvgIpc) is 2.78. The molecule has 4 nitrogen and oxygen atoms in total. The first-order valence-electron chi connectivity index (χ1n) is 6.78. The molecule has 1 amide bonds. The third-order valence-electron chi connectivity index (χ3n) is 3.55. The van der Waals surface area contributed by atoms with Crippen LogP contribution in [0, 0.1) is 0 Å². The fourth-order valence-electron chi connectivity index (χ4n) is 2.49. The van der Waals surface area contributed by atoms with E-state index in [9.17, 15) is 9.90 Å². The number of hydrogen-bond acceptors (Lipinski definition) is 2. The summed E-state index contributed by atoms with van der Waals surface area (Å²) >= 11 is 0. The van der Waals surface area contributed by atoms with Crippen LogP contribution in [0.15, 0.2) is 18.5 Å². The van der Waals surface area contributed by atoms with Gasteiger partial charge in [0.15, 0.2) is 0 Å². The van der Waals surface area contributed by atoms with Gasteiger partial charge >= 0.3 is 0 Å². The van der Waals surface area contributed by atoms with E-state index in [2.05, 4.69) is 5.32 Å². The smallest absolute Gasteiger partial charge is 0.240 e. The molecule has 1 aromatic rings. The summed E-state index contributed by atoms with van der Waals surface area (Å²) in [6.45, 7) is 2.06. The molecular weight excluding hydrogens is 228 g/mol. The molecule has 1 unspecified atom stereocenters. The molecule has 1 saturated carbocycles. The number of carbonyl (C=O) groups is 1. The number of aromatic nitrogens is 1. The first-order valence-corrected chi connectivity index (χ1v) is 6.78. The number of nitrogens with one attached hydrogen (secondary N) is 1. The summed E-state index contributed by atoms with van der Waals surface area (Å²) in [5, 5.41) is 12.5. The van der Waals surface area contributed by atoms with Crippen molar-refractivity contribution >= 4 is 5.91 Å². The minimum Gasteiger partial charge on any atom is -0.389 e. The lowest BCUT2D eigenvalue weighted by atomic mass is 9.95. The van der Waals surface area contributed by atoms with Gasteiger partial charge in [-0.3, -0.25) is 4.79 Å². The van der Waals surface area contributed by atoms with Crippen molar-refractivity contribution in [2.24, 2.45) is 0 Å². The number of rotatable bonds is 4. The lowest BCUT2D eigenvalue weighted by molar-refractivity contribution is -0.122. The zero-order valence-corrected chi connectivity index (χ0v) is 10.9. The summed E-state index contributed by atoms with van der Waals surface area (Å²) in [5.74, 6) is 0.0645. The second-order valence-electron chi connectivity index (χ2n) is 5.20. The first-order chi connectivity index (χ1) is 8.65. The van der Waals surface area contributed by atoms with Gasteiger partial charge in [-0.15, -0.1) is 0 Å². The summed E-state index contributed by atoms with van der Waals surface area (Å²) < 4.78 is 1.82. The maximum Gasteiger partial charge on any atom is 0.240 e. The second-order valence-corrected chi connectivity index (χ2v) is 5.20. The molecule has 1 heterocycles. The van der Waals surface area contributed by atoms with Crippen molar-refractivity contribution in [1.29, 1.82) is 0 Å². The van der Waals surface area contributed by atoms with Gasteiger partial charge in [-0.1, -0.05) is 19.3 Å². The Balaban J connectivity index is 1.82. The van der Waals surface area contributed by atoms with Gasteiger partial charge in [-0.25, -0.2) is 0 Å². The Labute approximate surface area is 108 Å². The number of aliphatic hydroxyl groups excluding tert-OH is 1. The van der Waals surface area contributed by atoms with E-state index in [0.29, 0.717) is 12.6 Å². The molecule has 1 aliphatic rings. The van der Waals surface area contributed by atoms with Crippen molar-refractivity contribution in [3.05, 3.63) is 24.0 Å². The number of carbonyl (C=O) groups excluding carboxylic acids is 1. The molecule has 4 heteroatoms. The molecule has 2 N–H and O–H groups in total. The molecule has 1 atom stereocenters. The third-order valence-corrected chi connectivity index (χ3v) is 3.55. The fraction of sp³-hybridized carbons (Fsp3) is 0.643. The highest BCUT2D eigenvalue weighted by molar-refractivity contribution is 5.76. The van der Waals surface area contributed by atoms with E-state index in [1.54, 1.807) is 6.92 Å². The molecule has 100 valence electrons. The van der Waals surface area contributed by atoms with Crippen LogP contribution in [0.5, 0.6) is 0 Å². The van der Waals surface area contributed by atoms with Crippen molar-refractivity contribution in [3.8, 4) is 0 Å².